The first-order chi connectivity index (χ1) is 22.9. The smallest absolute Gasteiger partial charge is 0.338 e. The number of esters is 1. The van der Waals surface area contributed by atoms with Crippen molar-refractivity contribution in [3.05, 3.63) is 108 Å². The molecule has 0 aromatic heterocycles. The monoisotopic (exact) mass is 638 g/mol. The van der Waals surface area contributed by atoms with E-state index in [4.69, 9.17) is 18.9 Å². The summed E-state index contributed by atoms with van der Waals surface area (Å²) in [6.07, 6.45) is 2.35. The fourth-order valence-electron chi connectivity index (χ4n) is 6.03. The number of rotatable bonds is 10. The number of benzene rings is 3. The maximum atomic E-state index is 13.7. The maximum absolute atomic E-state index is 13.7. The first kappa shape index (κ1) is 31.7. The van der Waals surface area contributed by atoms with Gasteiger partial charge in [0.05, 0.1) is 18.2 Å². The van der Waals surface area contributed by atoms with Gasteiger partial charge in [-0.05, 0) is 61.4 Å². The molecule has 1 N–H and O–H groups in total. The Bertz CT molecular complexity index is 1670. The summed E-state index contributed by atoms with van der Waals surface area (Å²) in [4.78, 5) is 46.3. The van der Waals surface area contributed by atoms with Gasteiger partial charge in [-0.15, -0.1) is 6.58 Å². The van der Waals surface area contributed by atoms with Gasteiger partial charge < -0.3 is 29.2 Å². The number of ether oxygens (including phenoxy) is 4. The highest BCUT2D eigenvalue weighted by Crippen LogP contribution is 2.35. The standard InChI is InChI=1S/C36H38N4O7/c1-3-16-40-29(23-38-17-9-18-39(20-19-38)34(41)26-14-15-30-31(22-26)46-24-45-30)32(35(42)44-4-2)33(37-36(40)43)25-10-8-13-28(21-25)47-27-11-6-5-7-12-27/h3,5-8,10-15,21-22,33H,1,4,9,16-20,23-24H2,2H3,(H,37,43). The summed E-state index contributed by atoms with van der Waals surface area (Å²) in [6, 6.07) is 20.8. The second-order valence-electron chi connectivity index (χ2n) is 11.3. The summed E-state index contributed by atoms with van der Waals surface area (Å²) >= 11 is 0. The van der Waals surface area contributed by atoms with Crippen molar-refractivity contribution in [1.82, 2.24) is 20.0 Å². The molecule has 1 saturated heterocycles. The van der Waals surface area contributed by atoms with Crippen LogP contribution in [0.1, 0.15) is 35.3 Å². The van der Waals surface area contributed by atoms with Crippen LogP contribution in [-0.2, 0) is 9.53 Å². The molecule has 1 unspecified atom stereocenters. The Morgan fingerprint density at radius 1 is 0.957 bits per heavy atom. The number of para-hydroxylation sites is 1. The highest BCUT2D eigenvalue weighted by Gasteiger charge is 2.39. The molecule has 11 nitrogen and oxygen atoms in total. The first-order valence-electron chi connectivity index (χ1n) is 15.8. The minimum Gasteiger partial charge on any atom is -0.463 e. The molecule has 47 heavy (non-hydrogen) atoms. The van der Waals surface area contributed by atoms with E-state index in [2.05, 4.69) is 16.8 Å². The zero-order valence-electron chi connectivity index (χ0n) is 26.4. The Balaban J connectivity index is 1.27. The van der Waals surface area contributed by atoms with Crippen molar-refractivity contribution in [3.8, 4) is 23.0 Å². The van der Waals surface area contributed by atoms with Crippen LogP contribution in [0.4, 0.5) is 4.79 Å². The zero-order chi connectivity index (χ0) is 32.8. The Hall–Kier alpha value is -5.29. The van der Waals surface area contributed by atoms with Crippen molar-refractivity contribution < 1.29 is 33.3 Å². The molecule has 6 rings (SSSR count). The van der Waals surface area contributed by atoms with Gasteiger partial charge in [0.25, 0.3) is 5.91 Å². The zero-order valence-corrected chi connectivity index (χ0v) is 26.4. The lowest BCUT2D eigenvalue weighted by Crippen LogP contribution is -2.51. The molecule has 0 spiro atoms. The second kappa shape index (κ2) is 14.4. The topological polar surface area (TPSA) is 110 Å². The number of carbonyl (C=O) groups is 3. The summed E-state index contributed by atoms with van der Waals surface area (Å²) in [6.45, 7) is 8.69. The molecule has 1 fully saturated rings. The summed E-state index contributed by atoms with van der Waals surface area (Å²) in [5.41, 5.74) is 2.11. The Kier molecular flexibility index (Phi) is 9.72. The number of fused-ring (bicyclic) bond motifs is 1. The van der Waals surface area contributed by atoms with Crippen molar-refractivity contribution in [2.45, 2.75) is 19.4 Å². The fraction of sp³-hybridized carbons (Fsp3) is 0.306. The van der Waals surface area contributed by atoms with E-state index in [1.54, 1.807) is 36.1 Å². The molecule has 3 aliphatic rings. The van der Waals surface area contributed by atoms with Gasteiger partial charge in [-0.2, -0.15) is 0 Å². The van der Waals surface area contributed by atoms with Gasteiger partial charge in [0.2, 0.25) is 6.79 Å². The van der Waals surface area contributed by atoms with Crippen molar-refractivity contribution in [2.24, 2.45) is 0 Å². The molecular formula is C36H38N4O7. The van der Waals surface area contributed by atoms with E-state index >= 15 is 0 Å². The number of urea groups is 1. The maximum Gasteiger partial charge on any atom is 0.338 e. The third kappa shape index (κ3) is 7.10. The highest BCUT2D eigenvalue weighted by molar-refractivity contribution is 5.96. The average molecular weight is 639 g/mol. The predicted molar refractivity (Wildman–Crippen MR) is 174 cm³/mol. The van der Waals surface area contributed by atoms with Crippen LogP contribution < -0.4 is 19.5 Å². The molecule has 3 aromatic carbocycles. The van der Waals surface area contributed by atoms with Crippen LogP contribution in [0.2, 0.25) is 0 Å². The summed E-state index contributed by atoms with van der Waals surface area (Å²) < 4.78 is 22.5. The quantitative estimate of drug-likeness (QED) is 0.241. The van der Waals surface area contributed by atoms with Crippen LogP contribution in [-0.4, -0.2) is 85.3 Å². The van der Waals surface area contributed by atoms with Crippen LogP contribution in [0.3, 0.4) is 0 Å². The molecule has 244 valence electrons. The van der Waals surface area contributed by atoms with Crippen molar-refractivity contribution in [1.29, 1.82) is 0 Å². The van der Waals surface area contributed by atoms with Crippen LogP contribution in [0.15, 0.2) is 96.7 Å². The van der Waals surface area contributed by atoms with Gasteiger partial charge in [-0.3, -0.25) is 14.6 Å². The summed E-state index contributed by atoms with van der Waals surface area (Å²) in [5.74, 6) is 1.84. The molecule has 0 bridgehead atoms. The van der Waals surface area contributed by atoms with Crippen LogP contribution in [0.25, 0.3) is 0 Å². The normalized spacial score (nSPS) is 18.0. The number of carbonyl (C=O) groups excluding carboxylic acids is 3. The van der Waals surface area contributed by atoms with Gasteiger partial charge in [0, 0.05) is 50.5 Å². The van der Waals surface area contributed by atoms with Gasteiger partial charge >= 0.3 is 12.0 Å². The largest absolute Gasteiger partial charge is 0.463 e. The molecule has 0 saturated carbocycles. The Morgan fingerprint density at radius 3 is 2.57 bits per heavy atom. The lowest BCUT2D eigenvalue weighted by molar-refractivity contribution is -0.139. The molecule has 3 aromatic rings. The second-order valence-corrected chi connectivity index (χ2v) is 11.3. The summed E-state index contributed by atoms with van der Waals surface area (Å²) in [7, 11) is 0. The van der Waals surface area contributed by atoms with Gasteiger partial charge in [0.1, 0.15) is 11.5 Å². The van der Waals surface area contributed by atoms with Gasteiger partial charge in [-0.25, -0.2) is 9.59 Å². The molecule has 1 atom stereocenters. The third-order valence-electron chi connectivity index (χ3n) is 8.28. The molecule has 3 heterocycles. The third-order valence-corrected chi connectivity index (χ3v) is 8.28. The van der Waals surface area contributed by atoms with E-state index < -0.39 is 12.0 Å². The summed E-state index contributed by atoms with van der Waals surface area (Å²) in [5, 5.41) is 3.02. The number of hydrogen-bond donors (Lipinski definition) is 1. The van der Waals surface area contributed by atoms with E-state index in [1.165, 1.54) is 0 Å². The molecule has 0 aliphatic carbocycles. The van der Waals surface area contributed by atoms with Gasteiger partial charge in [0.15, 0.2) is 11.5 Å². The molecule has 11 heteroatoms. The van der Waals surface area contributed by atoms with E-state index in [-0.39, 0.29) is 31.9 Å². The first-order valence-corrected chi connectivity index (χ1v) is 15.8. The molecule has 3 aliphatic heterocycles. The van der Waals surface area contributed by atoms with Crippen LogP contribution >= 0.6 is 0 Å². The highest BCUT2D eigenvalue weighted by atomic mass is 16.7. The lowest BCUT2D eigenvalue weighted by Gasteiger charge is -2.38. The Morgan fingerprint density at radius 2 is 1.77 bits per heavy atom. The van der Waals surface area contributed by atoms with E-state index in [9.17, 15) is 14.4 Å². The predicted octanol–water partition coefficient (Wildman–Crippen LogP) is 5.13. The molecule has 0 radical (unpaired) electrons. The molecular weight excluding hydrogens is 600 g/mol. The van der Waals surface area contributed by atoms with E-state index in [0.29, 0.717) is 84.5 Å². The number of amides is 3. The number of nitrogens with one attached hydrogen (secondary N) is 1. The van der Waals surface area contributed by atoms with Crippen molar-refractivity contribution >= 4 is 17.9 Å². The average Bonchev–Trinajstić information content (AvgIpc) is 3.43. The Labute approximate surface area is 273 Å². The SMILES string of the molecule is C=CCN1C(=O)NC(c2cccc(Oc3ccccc3)c2)C(C(=O)OCC)=C1CN1CCCN(C(=O)c2ccc3c(c2)OCO3)CC1. The van der Waals surface area contributed by atoms with Crippen LogP contribution in [0.5, 0.6) is 23.0 Å². The molecule has 3 amide bonds. The lowest BCUT2D eigenvalue weighted by atomic mass is 9.94. The minimum absolute atomic E-state index is 0.0837. The van der Waals surface area contributed by atoms with Gasteiger partial charge in [-0.1, -0.05) is 36.4 Å². The minimum atomic E-state index is -0.770. The number of hydrogen-bond acceptors (Lipinski definition) is 8. The number of nitrogens with zero attached hydrogens (tertiary/aromatic N) is 3. The van der Waals surface area contributed by atoms with Crippen LogP contribution in [0, 0.1) is 0 Å². The van der Waals surface area contributed by atoms with E-state index in [0.717, 1.165) is 0 Å². The van der Waals surface area contributed by atoms with Crippen molar-refractivity contribution in [3.63, 3.8) is 0 Å². The fourth-order valence-corrected chi connectivity index (χ4v) is 6.03. The van der Waals surface area contributed by atoms with Crippen molar-refractivity contribution in [2.75, 3.05) is 52.7 Å². The van der Waals surface area contributed by atoms with E-state index in [1.807, 2.05) is 59.5 Å².